The number of hydrogen-bond donors (Lipinski definition) is 2. The number of aliphatic hydroxyl groups excluding tert-OH is 1. The van der Waals surface area contributed by atoms with Gasteiger partial charge in [-0.05, 0) is 18.1 Å². The summed E-state index contributed by atoms with van der Waals surface area (Å²) in [7, 11) is 0. The summed E-state index contributed by atoms with van der Waals surface area (Å²) in [5, 5.41) is 8.53. The fourth-order valence-corrected chi connectivity index (χ4v) is 0.713. The maximum absolute atomic E-state index is 8.53. The SMILES string of the molecule is Nc1ccc(CCO)cn1. The van der Waals surface area contributed by atoms with Crippen LogP contribution in [0.5, 0.6) is 0 Å². The number of nitrogen functional groups attached to an aromatic ring is 1. The lowest BCUT2D eigenvalue weighted by Crippen LogP contribution is -1.94. The Morgan fingerprint density at radius 2 is 2.30 bits per heavy atom. The molecule has 0 aromatic carbocycles. The van der Waals surface area contributed by atoms with Crippen LogP contribution in [0.4, 0.5) is 5.82 Å². The zero-order chi connectivity index (χ0) is 7.40. The second-order valence-corrected chi connectivity index (χ2v) is 2.06. The van der Waals surface area contributed by atoms with E-state index in [9.17, 15) is 0 Å². The molecule has 0 radical (unpaired) electrons. The van der Waals surface area contributed by atoms with Crippen molar-refractivity contribution in [3.8, 4) is 0 Å². The molecule has 0 aliphatic rings. The summed E-state index contributed by atoms with van der Waals surface area (Å²) in [6.45, 7) is 0.158. The molecule has 0 saturated carbocycles. The maximum atomic E-state index is 8.53. The van der Waals surface area contributed by atoms with Gasteiger partial charge in [-0.15, -0.1) is 0 Å². The first-order valence-electron chi connectivity index (χ1n) is 3.14. The zero-order valence-corrected chi connectivity index (χ0v) is 5.62. The molecule has 0 atom stereocenters. The number of aliphatic hydroxyl groups is 1. The van der Waals surface area contributed by atoms with E-state index in [2.05, 4.69) is 4.98 Å². The van der Waals surface area contributed by atoms with Gasteiger partial charge in [0.2, 0.25) is 0 Å². The molecule has 0 unspecified atom stereocenters. The minimum Gasteiger partial charge on any atom is -0.396 e. The summed E-state index contributed by atoms with van der Waals surface area (Å²) in [6.07, 6.45) is 2.32. The van der Waals surface area contributed by atoms with Gasteiger partial charge in [0, 0.05) is 12.8 Å². The molecule has 54 valence electrons. The van der Waals surface area contributed by atoms with Gasteiger partial charge in [0.05, 0.1) is 0 Å². The first kappa shape index (κ1) is 7.02. The van der Waals surface area contributed by atoms with Crippen LogP contribution in [-0.2, 0) is 6.42 Å². The third kappa shape index (κ3) is 1.70. The Labute approximate surface area is 59.5 Å². The van der Waals surface area contributed by atoms with Crippen molar-refractivity contribution in [2.24, 2.45) is 0 Å². The monoisotopic (exact) mass is 138 g/mol. The minimum absolute atomic E-state index is 0.158. The maximum Gasteiger partial charge on any atom is 0.123 e. The van der Waals surface area contributed by atoms with Crippen molar-refractivity contribution in [3.63, 3.8) is 0 Å². The Balaban J connectivity index is 2.69. The van der Waals surface area contributed by atoms with E-state index in [1.807, 2.05) is 6.07 Å². The number of anilines is 1. The van der Waals surface area contributed by atoms with Crippen molar-refractivity contribution in [2.75, 3.05) is 12.3 Å². The van der Waals surface area contributed by atoms with Crippen LogP contribution in [0.15, 0.2) is 18.3 Å². The molecule has 1 heterocycles. The van der Waals surface area contributed by atoms with E-state index < -0.39 is 0 Å². The van der Waals surface area contributed by atoms with Crippen molar-refractivity contribution in [1.82, 2.24) is 4.98 Å². The van der Waals surface area contributed by atoms with Crippen molar-refractivity contribution >= 4 is 5.82 Å². The Morgan fingerprint density at radius 1 is 1.50 bits per heavy atom. The predicted octanol–water partition coefficient (Wildman–Crippen LogP) is 0.199. The van der Waals surface area contributed by atoms with E-state index >= 15 is 0 Å². The summed E-state index contributed by atoms with van der Waals surface area (Å²) >= 11 is 0. The lowest BCUT2D eigenvalue weighted by Gasteiger charge is -1.96. The van der Waals surface area contributed by atoms with Gasteiger partial charge in [-0.25, -0.2) is 4.98 Å². The Bertz CT molecular complexity index is 195. The fraction of sp³-hybridized carbons (Fsp3) is 0.286. The summed E-state index contributed by atoms with van der Waals surface area (Å²) in [5.74, 6) is 0.515. The molecule has 3 heteroatoms. The first-order chi connectivity index (χ1) is 4.83. The van der Waals surface area contributed by atoms with Crippen molar-refractivity contribution < 1.29 is 5.11 Å². The summed E-state index contributed by atoms with van der Waals surface area (Å²) < 4.78 is 0. The third-order valence-corrected chi connectivity index (χ3v) is 1.25. The van der Waals surface area contributed by atoms with E-state index in [1.54, 1.807) is 12.3 Å². The predicted molar refractivity (Wildman–Crippen MR) is 39.4 cm³/mol. The Hall–Kier alpha value is -1.09. The standard InChI is InChI=1S/C7H10N2O/c8-7-2-1-6(3-4-10)5-9-7/h1-2,5,10H,3-4H2,(H2,8,9). The second-order valence-electron chi connectivity index (χ2n) is 2.06. The number of rotatable bonds is 2. The molecule has 0 aliphatic carbocycles. The second kappa shape index (κ2) is 3.17. The van der Waals surface area contributed by atoms with E-state index in [4.69, 9.17) is 10.8 Å². The molecular weight excluding hydrogens is 128 g/mol. The van der Waals surface area contributed by atoms with Crippen molar-refractivity contribution in [2.45, 2.75) is 6.42 Å². The van der Waals surface area contributed by atoms with Crippen molar-refractivity contribution in [3.05, 3.63) is 23.9 Å². The molecule has 0 bridgehead atoms. The van der Waals surface area contributed by atoms with Crippen LogP contribution < -0.4 is 5.73 Å². The van der Waals surface area contributed by atoms with Crippen LogP contribution in [0.1, 0.15) is 5.56 Å². The molecule has 1 rings (SSSR count). The molecule has 0 fully saturated rings. The molecule has 3 N–H and O–H groups in total. The molecule has 3 nitrogen and oxygen atoms in total. The Morgan fingerprint density at radius 3 is 2.80 bits per heavy atom. The van der Waals surface area contributed by atoms with Crippen LogP contribution in [0.3, 0.4) is 0 Å². The Kier molecular flexibility index (Phi) is 2.23. The fourth-order valence-electron chi connectivity index (χ4n) is 0.713. The van der Waals surface area contributed by atoms with Gasteiger partial charge in [-0.3, -0.25) is 0 Å². The van der Waals surface area contributed by atoms with E-state index in [-0.39, 0.29) is 6.61 Å². The van der Waals surface area contributed by atoms with Crippen LogP contribution >= 0.6 is 0 Å². The summed E-state index contributed by atoms with van der Waals surface area (Å²) in [5.41, 5.74) is 6.36. The zero-order valence-electron chi connectivity index (χ0n) is 5.62. The average Bonchev–Trinajstić information content (AvgIpc) is 1.95. The highest BCUT2D eigenvalue weighted by Crippen LogP contribution is 2.00. The number of nitrogens with two attached hydrogens (primary N) is 1. The smallest absolute Gasteiger partial charge is 0.123 e. The van der Waals surface area contributed by atoms with Gasteiger partial charge in [-0.1, -0.05) is 6.07 Å². The number of hydrogen-bond acceptors (Lipinski definition) is 3. The van der Waals surface area contributed by atoms with Gasteiger partial charge in [-0.2, -0.15) is 0 Å². The largest absolute Gasteiger partial charge is 0.396 e. The molecule has 0 aliphatic heterocycles. The van der Waals surface area contributed by atoms with E-state index in [1.165, 1.54) is 0 Å². The molecule has 1 aromatic heterocycles. The molecule has 1 aromatic rings. The molecule has 0 amide bonds. The van der Waals surface area contributed by atoms with Crippen LogP contribution in [0.25, 0.3) is 0 Å². The minimum atomic E-state index is 0.158. The van der Waals surface area contributed by atoms with Crippen LogP contribution in [0.2, 0.25) is 0 Å². The summed E-state index contributed by atoms with van der Waals surface area (Å²) in [4.78, 5) is 3.86. The highest BCUT2D eigenvalue weighted by molar-refractivity contribution is 5.29. The molecular formula is C7H10N2O. The quantitative estimate of drug-likeness (QED) is 0.613. The first-order valence-corrected chi connectivity index (χ1v) is 3.14. The average molecular weight is 138 g/mol. The normalized spacial score (nSPS) is 9.70. The van der Waals surface area contributed by atoms with Crippen molar-refractivity contribution in [1.29, 1.82) is 0 Å². The van der Waals surface area contributed by atoms with Gasteiger partial charge in [0.15, 0.2) is 0 Å². The van der Waals surface area contributed by atoms with Gasteiger partial charge in [0.25, 0.3) is 0 Å². The van der Waals surface area contributed by atoms with E-state index in [0.29, 0.717) is 12.2 Å². The number of pyridine rings is 1. The highest BCUT2D eigenvalue weighted by Gasteiger charge is 1.90. The van der Waals surface area contributed by atoms with Crippen LogP contribution in [0, 0.1) is 0 Å². The summed E-state index contributed by atoms with van der Waals surface area (Å²) in [6, 6.07) is 3.59. The number of nitrogens with zero attached hydrogens (tertiary/aromatic N) is 1. The topological polar surface area (TPSA) is 59.1 Å². The molecule has 0 spiro atoms. The van der Waals surface area contributed by atoms with Gasteiger partial charge >= 0.3 is 0 Å². The van der Waals surface area contributed by atoms with Gasteiger partial charge < -0.3 is 10.8 Å². The highest BCUT2D eigenvalue weighted by atomic mass is 16.2. The lowest BCUT2D eigenvalue weighted by atomic mass is 10.2. The number of aromatic nitrogens is 1. The van der Waals surface area contributed by atoms with Crippen LogP contribution in [-0.4, -0.2) is 16.7 Å². The third-order valence-electron chi connectivity index (χ3n) is 1.25. The molecule has 10 heavy (non-hydrogen) atoms. The lowest BCUT2D eigenvalue weighted by molar-refractivity contribution is 0.299. The van der Waals surface area contributed by atoms with E-state index in [0.717, 1.165) is 5.56 Å². The van der Waals surface area contributed by atoms with Gasteiger partial charge in [0.1, 0.15) is 5.82 Å². The molecule has 0 saturated heterocycles.